The Morgan fingerprint density at radius 1 is 0.833 bits per heavy atom. The third-order valence-corrected chi connectivity index (χ3v) is 7.47. The first-order chi connectivity index (χ1) is 14.8. The first kappa shape index (κ1) is 21.0. The van der Waals surface area contributed by atoms with E-state index in [1.807, 2.05) is 0 Å². The summed E-state index contributed by atoms with van der Waals surface area (Å²) in [6.07, 6.45) is 18.7. The van der Waals surface area contributed by atoms with Crippen LogP contribution in [0.25, 0.3) is 0 Å². The molecule has 0 radical (unpaired) electrons. The highest BCUT2D eigenvalue weighted by Gasteiger charge is 2.44. The van der Waals surface area contributed by atoms with E-state index in [2.05, 4.69) is 97.2 Å². The molecule has 0 heterocycles. The number of nitrogens with one attached hydrogen (secondary N) is 1. The van der Waals surface area contributed by atoms with Crippen molar-refractivity contribution in [3.8, 4) is 0 Å². The maximum absolute atomic E-state index is 3.69. The van der Waals surface area contributed by atoms with Gasteiger partial charge in [0.05, 0.1) is 6.04 Å². The minimum Gasteiger partial charge on any atom is -0.378 e. The lowest BCUT2D eigenvalue weighted by atomic mass is 9.78. The Morgan fingerprint density at radius 3 is 2.20 bits per heavy atom. The molecule has 4 rings (SSSR count). The fraction of sp³-hybridized carbons (Fsp3) is 0.448. The molecule has 1 heteroatoms. The lowest BCUT2D eigenvalue weighted by molar-refractivity contribution is 0.241. The van der Waals surface area contributed by atoms with Crippen LogP contribution in [-0.4, -0.2) is 0 Å². The second kappa shape index (κ2) is 10.7. The molecule has 0 spiro atoms. The Kier molecular flexibility index (Phi) is 7.45. The second-order valence-corrected chi connectivity index (χ2v) is 9.32. The summed E-state index contributed by atoms with van der Waals surface area (Å²) in [5.74, 6) is 3.99. The monoisotopic (exact) mass is 399 g/mol. The molecular weight excluding hydrogens is 362 g/mol. The molecule has 2 aliphatic rings. The fourth-order valence-electron chi connectivity index (χ4n) is 5.72. The summed E-state index contributed by atoms with van der Waals surface area (Å²) in [5, 5.41) is 3.69. The van der Waals surface area contributed by atoms with Gasteiger partial charge in [-0.3, -0.25) is 0 Å². The molecule has 2 aromatic carbocycles. The van der Waals surface area contributed by atoms with Gasteiger partial charge in [0.2, 0.25) is 0 Å². The summed E-state index contributed by atoms with van der Waals surface area (Å²) in [6, 6.07) is 21.6. The standard InChI is InChI=1S/C29H37N/c1-23-25-20-21-26(22-25)28(23)18-12-4-2-3-5-13-19-29(24-14-8-6-9-15-24)30-27-16-10-7-11-17-27/h4-17,23,25-26,28-30H,2-3,18-22H2,1H3/b12-4+,13-5+/t23-,25?,26?,28-,29?/m0/s1. The van der Waals surface area contributed by atoms with E-state index in [-0.39, 0.29) is 0 Å². The van der Waals surface area contributed by atoms with Crippen molar-refractivity contribution >= 4 is 5.69 Å². The number of allylic oxidation sites excluding steroid dienone is 3. The first-order valence-corrected chi connectivity index (χ1v) is 12.0. The smallest absolute Gasteiger partial charge is 0.0548 e. The number of rotatable bonds is 10. The molecule has 158 valence electrons. The molecular formula is C29H37N. The van der Waals surface area contributed by atoms with Crippen LogP contribution in [0.3, 0.4) is 0 Å². The molecule has 0 saturated heterocycles. The lowest BCUT2D eigenvalue weighted by Crippen LogP contribution is -2.18. The van der Waals surface area contributed by atoms with Gasteiger partial charge in [0.25, 0.3) is 0 Å². The van der Waals surface area contributed by atoms with Crippen molar-refractivity contribution in [3.63, 3.8) is 0 Å². The number of anilines is 1. The molecule has 0 aliphatic heterocycles. The number of benzene rings is 2. The predicted octanol–water partition coefficient (Wildman–Crippen LogP) is 8.19. The van der Waals surface area contributed by atoms with Gasteiger partial charge in [0.1, 0.15) is 0 Å². The van der Waals surface area contributed by atoms with Crippen LogP contribution in [0.4, 0.5) is 5.69 Å². The largest absolute Gasteiger partial charge is 0.378 e. The van der Waals surface area contributed by atoms with Crippen molar-refractivity contribution in [3.05, 3.63) is 90.5 Å². The molecule has 0 aromatic heterocycles. The van der Waals surface area contributed by atoms with Crippen LogP contribution in [0, 0.1) is 23.7 Å². The predicted molar refractivity (Wildman–Crippen MR) is 129 cm³/mol. The van der Waals surface area contributed by atoms with Crippen LogP contribution in [0.5, 0.6) is 0 Å². The summed E-state index contributed by atoms with van der Waals surface area (Å²) in [4.78, 5) is 0. The first-order valence-electron chi connectivity index (χ1n) is 12.0. The quantitative estimate of drug-likeness (QED) is 0.313. The van der Waals surface area contributed by atoms with Gasteiger partial charge < -0.3 is 5.32 Å². The van der Waals surface area contributed by atoms with E-state index < -0.39 is 0 Å². The van der Waals surface area contributed by atoms with Crippen molar-refractivity contribution in [1.82, 2.24) is 0 Å². The molecule has 0 amide bonds. The fourth-order valence-corrected chi connectivity index (χ4v) is 5.72. The normalized spacial score (nSPS) is 26.6. The van der Waals surface area contributed by atoms with Crippen LogP contribution in [-0.2, 0) is 0 Å². The van der Waals surface area contributed by atoms with E-state index in [1.165, 1.54) is 36.9 Å². The topological polar surface area (TPSA) is 12.0 Å². The third-order valence-electron chi connectivity index (χ3n) is 7.47. The van der Waals surface area contributed by atoms with Crippen molar-refractivity contribution in [2.75, 3.05) is 5.32 Å². The van der Waals surface area contributed by atoms with Gasteiger partial charge in [-0.1, -0.05) is 79.8 Å². The maximum atomic E-state index is 3.69. The van der Waals surface area contributed by atoms with Gasteiger partial charge in [0.15, 0.2) is 0 Å². The number of hydrogen-bond donors (Lipinski definition) is 1. The molecule has 2 aliphatic carbocycles. The summed E-state index contributed by atoms with van der Waals surface area (Å²) < 4.78 is 0. The molecule has 2 saturated carbocycles. The van der Waals surface area contributed by atoms with Crippen LogP contribution in [0.15, 0.2) is 85.0 Å². The van der Waals surface area contributed by atoms with E-state index in [1.54, 1.807) is 0 Å². The van der Waals surface area contributed by atoms with Crippen LogP contribution in [0.1, 0.15) is 63.5 Å². The van der Waals surface area contributed by atoms with E-state index in [0.717, 1.165) is 42.9 Å². The summed E-state index contributed by atoms with van der Waals surface area (Å²) in [7, 11) is 0. The number of para-hydroxylation sites is 1. The van der Waals surface area contributed by atoms with Crippen molar-refractivity contribution < 1.29 is 0 Å². The number of hydrogen-bond acceptors (Lipinski definition) is 1. The van der Waals surface area contributed by atoms with E-state index in [9.17, 15) is 0 Å². The second-order valence-electron chi connectivity index (χ2n) is 9.32. The highest BCUT2D eigenvalue weighted by molar-refractivity contribution is 5.45. The van der Waals surface area contributed by atoms with Crippen LogP contribution < -0.4 is 5.32 Å². The Hall–Kier alpha value is -2.28. The molecule has 2 fully saturated rings. The average Bonchev–Trinajstić information content (AvgIpc) is 3.38. The third kappa shape index (κ3) is 5.45. The highest BCUT2D eigenvalue weighted by Crippen LogP contribution is 2.53. The summed E-state index contributed by atoms with van der Waals surface area (Å²) in [5.41, 5.74) is 2.52. The van der Waals surface area contributed by atoms with Gasteiger partial charge in [-0.25, -0.2) is 0 Å². The Labute approximate surface area is 183 Å². The minimum absolute atomic E-state index is 0.305. The number of fused-ring (bicyclic) bond motifs is 2. The van der Waals surface area contributed by atoms with Crippen LogP contribution >= 0.6 is 0 Å². The van der Waals surface area contributed by atoms with E-state index >= 15 is 0 Å². The lowest BCUT2D eigenvalue weighted by Gasteiger charge is -2.27. The summed E-state index contributed by atoms with van der Waals surface area (Å²) in [6.45, 7) is 2.50. The zero-order chi connectivity index (χ0) is 20.6. The average molecular weight is 400 g/mol. The molecule has 5 atom stereocenters. The highest BCUT2D eigenvalue weighted by atomic mass is 14.9. The minimum atomic E-state index is 0.305. The molecule has 1 nitrogen and oxygen atoms in total. The van der Waals surface area contributed by atoms with Gasteiger partial charge in [-0.2, -0.15) is 0 Å². The van der Waals surface area contributed by atoms with Gasteiger partial charge >= 0.3 is 0 Å². The molecule has 2 bridgehead atoms. The van der Waals surface area contributed by atoms with Gasteiger partial charge in [0, 0.05) is 5.69 Å². The van der Waals surface area contributed by atoms with Crippen molar-refractivity contribution in [2.45, 2.75) is 57.9 Å². The Bertz CT molecular complexity index is 805. The van der Waals surface area contributed by atoms with E-state index in [0.29, 0.717) is 6.04 Å². The SMILES string of the molecule is C[C@H]1C2CCC(C2)[C@H]1C/C=C/CC/C=C/CC(Nc1ccccc1)c1ccccc1. The molecule has 30 heavy (non-hydrogen) atoms. The van der Waals surface area contributed by atoms with Crippen LogP contribution in [0.2, 0.25) is 0 Å². The van der Waals surface area contributed by atoms with Gasteiger partial charge in [-0.15, -0.1) is 0 Å². The number of unbranched alkanes of at least 4 members (excludes halogenated alkanes) is 1. The molecule has 2 aromatic rings. The van der Waals surface area contributed by atoms with Crippen molar-refractivity contribution in [2.24, 2.45) is 23.7 Å². The van der Waals surface area contributed by atoms with E-state index in [4.69, 9.17) is 0 Å². The zero-order valence-electron chi connectivity index (χ0n) is 18.4. The Balaban J connectivity index is 1.21. The maximum Gasteiger partial charge on any atom is 0.0548 e. The summed E-state index contributed by atoms with van der Waals surface area (Å²) >= 11 is 0. The van der Waals surface area contributed by atoms with Crippen molar-refractivity contribution in [1.29, 1.82) is 0 Å². The molecule has 3 unspecified atom stereocenters. The Morgan fingerprint density at radius 2 is 1.50 bits per heavy atom. The zero-order valence-corrected chi connectivity index (χ0v) is 18.4. The van der Waals surface area contributed by atoms with Gasteiger partial charge in [-0.05, 0) is 86.3 Å². The molecule has 1 N–H and O–H groups in total.